The summed E-state index contributed by atoms with van der Waals surface area (Å²) in [7, 11) is 3.75. The highest BCUT2D eigenvalue weighted by Crippen LogP contribution is 2.45. The summed E-state index contributed by atoms with van der Waals surface area (Å²) in [6, 6.07) is 4.03. The first kappa shape index (κ1) is 33.2. The van der Waals surface area contributed by atoms with Crippen molar-refractivity contribution in [3.05, 3.63) is 52.3 Å². The first-order valence-corrected chi connectivity index (χ1v) is 15.2. The third-order valence-electron chi connectivity index (χ3n) is 9.15. The Balaban J connectivity index is 1.92. The van der Waals surface area contributed by atoms with Crippen molar-refractivity contribution in [3.63, 3.8) is 0 Å². The van der Waals surface area contributed by atoms with E-state index in [-0.39, 0.29) is 59.3 Å². The molecule has 3 N–H and O–H groups in total. The Bertz CT molecular complexity index is 1300. The number of rotatable bonds is 9. The number of nitrogens with zero attached hydrogens (tertiary/aromatic N) is 2. The molecule has 0 aliphatic carbocycles. The molecule has 2 fully saturated rings. The minimum Gasteiger partial charge on any atom is -0.507 e. The molecule has 2 aromatic rings. The summed E-state index contributed by atoms with van der Waals surface area (Å²) in [6.07, 6.45) is -1.47. The van der Waals surface area contributed by atoms with Crippen LogP contribution in [-0.4, -0.2) is 83.5 Å². The van der Waals surface area contributed by atoms with Gasteiger partial charge in [0.25, 0.3) is 5.91 Å². The number of aromatic hydroxyl groups is 1. The summed E-state index contributed by atoms with van der Waals surface area (Å²) in [5.41, 5.74) is 0.730. The van der Waals surface area contributed by atoms with Gasteiger partial charge in [0.1, 0.15) is 17.6 Å². The maximum Gasteiger partial charge on any atom is 0.408 e. The topological polar surface area (TPSA) is 76.0 Å². The van der Waals surface area contributed by atoms with Gasteiger partial charge >= 0.3 is 6.18 Å². The van der Waals surface area contributed by atoms with Crippen LogP contribution >= 0.6 is 0 Å². The maximum atomic E-state index is 14.9. The summed E-state index contributed by atoms with van der Waals surface area (Å²) in [5, 5.41) is 25.9. The molecule has 6 nitrogen and oxygen atoms in total. The zero-order valence-corrected chi connectivity index (χ0v) is 25.8. The van der Waals surface area contributed by atoms with Gasteiger partial charge < -0.3 is 25.3 Å². The van der Waals surface area contributed by atoms with Crippen molar-refractivity contribution in [1.82, 2.24) is 15.1 Å². The maximum absolute atomic E-state index is 14.9. The average Bonchev–Trinajstić information content (AvgIpc) is 3.43. The Hall–Kier alpha value is -2.69. The lowest BCUT2D eigenvalue weighted by molar-refractivity contribution is -0.169. The van der Waals surface area contributed by atoms with E-state index in [1.165, 1.54) is 12.1 Å². The predicted molar refractivity (Wildman–Crippen MR) is 160 cm³/mol. The Morgan fingerprint density at radius 2 is 1.91 bits per heavy atom. The van der Waals surface area contributed by atoms with Crippen LogP contribution in [0.5, 0.6) is 5.75 Å². The number of carbonyl (C=O) groups excluding carboxylic acids is 1. The van der Waals surface area contributed by atoms with Crippen molar-refractivity contribution in [2.24, 2.45) is 0 Å². The van der Waals surface area contributed by atoms with Gasteiger partial charge in [-0.1, -0.05) is 18.2 Å². The first-order chi connectivity index (χ1) is 20.1. The number of hydrogen-bond acceptors (Lipinski definition) is 5. The Kier molecular flexibility index (Phi) is 10.1. The number of nitrogens with one attached hydrogen (secondary N) is 1. The molecule has 43 heavy (non-hydrogen) atoms. The van der Waals surface area contributed by atoms with Crippen molar-refractivity contribution in [1.29, 1.82) is 0 Å². The molecule has 2 aliphatic rings. The van der Waals surface area contributed by atoms with E-state index in [1.807, 2.05) is 19.0 Å². The molecule has 1 amide bonds. The van der Waals surface area contributed by atoms with Crippen LogP contribution in [0.4, 0.5) is 17.6 Å². The second-order valence-electron chi connectivity index (χ2n) is 12.9. The Labute approximate surface area is 252 Å². The van der Waals surface area contributed by atoms with Gasteiger partial charge in [-0.2, -0.15) is 13.2 Å². The average molecular weight is 608 g/mol. The van der Waals surface area contributed by atoms with Gasteiger partial charge in [-0.3, -0.25) is 4.79 Å². The second-order valence-corrected chi connectivity index (χ2v) is 12.9. The van der Waals surface area contributed by atoms with Crippen LogP contribution in [0, 0.1) is 12.7 Å². The molecular formula is C33H45F4N3O3. The van der Waals surface area contributed by atoms with E-state index in [4.69, 9.17) is 0 Å². The van der Waals surface area contributed by atoms with E-state index in [1.54, 1.807) is 32.9 Å². The molecule has 0 aromatic heterocycles. The van der Waals surface area contributed by atoms with Crippen molar-refractivity contribution < 1.29 is 32.6 Å². The smallest absolute Gasteiger partial charge is 0.408 e. The highest BCUT2D eigenvalue weighted by Gasteiger charge is 2.48. The van der Waals surface area contributed by atoms with Gasteiger partial charge in [-0.15, -0.1) is 0 Å². The summed E-state index contributed by atoms with van der Waals surface area (Å²) in [5.74, 6) is -1.59. The van der Waals surface area contributed by atoms with Gasteiger partial charge in [0.05, 0.1) is 11.2 Å². The van der Waals surface area contributed by atoms with E-state index in [0.717, 1.165) is 24.3 Å². The van der Waals surface area contributed by atoms with Gasteiger partial charge in [-0.25, -0.2) is 4.39 Å². The number of halogens is 4. The highest BCUT2D eigenvalue weighted by atomic mass is 19.4. The number of phenols is 1. The SMILES string of the molecule is Cc1c(F)cccc1-c1c(O)c([C@H]2CCCNC2)cc(CCC[C@@H](N(C)C)C(C)(C)O)c1C(=O)N1CCC[C@H]1C(F)(F)F. The van der Waals surface area contributed by atoms with Crippen molar-refractivity contribution >= 4 is 5.91 Å². The molecule has 0 radical (unpaired) electrons. The van der Waals surface area contributed by atoms with Gasteiger partial charge in [0, 0.05) is 30.6 Å². The molecule has 10 heteroatoms. The predicted octanol–water partition coefficient (Wildman–Crippen LogP) is 6.16. The zero-order chi connectivity index (χ0) is 31.7. The minimum atomic E-state index is -4.59. The molecule has 0 spiro atoms. The van der Waals surface area contributed by atoms with Crippen molar-refractivity contribution in [2.45, 2.75) is 95.5 Å². The molecule has 238 valence electrons. The summed E-state index contributed by atoms with van der Waals surface area (Å²) in [4.78, 5) is 17.1. The third kappa shape index (κ3) is 7.18. The molecule has 3 atom stereocenters. The van der Waals surface area contributed by atoms with Crippen LogP contribution in [0.1, 0.15) is 85.3 Å². The molecule has 2 aromatic carbocycles. The lowest BCUT2D eigenvalue weighted by Crippen LogP contribution is -2.46. The van der Waals surface area contributed by atoms with E-state index < -0.39 is 29.5 Å². The largest absolute Gasteiger partial charge is 0.507 e. The number of hydrogen-bond donors (Lipinski definition) is 3. The third-order valence-corrected chi connectivity index (χ3v) is 9.15. The van der Waals surface area contributed by atoms with E-state index in [9.17, 15) is 32.6 Å². The number of piperidine rings is 1. The van der Waals surface area contributed by atoms with E-state index >= 15 is 0 Å². The molecule has 0 saturated carbocycles. The quantitative estimate of drug-likeness (QED) is 0.298. The fourth-order valence-corrected chi connectivity index (χ4v) is 6.98. The lowest BCUT2D eigenvalue weighted by atomic mass is 9.81. The zero-order valence-electron chi connectivity index (χ0n) is 25.8. The molecular weight excluding hydrogens is 562 g/mol. The first-order valence-electron chi connectivity index (χ1n) is 15.2. The summed E-state index contributed by atoms with van der Waals surface area (Å²) < 4.78 is 57.1. The van der Waals surface area contributed by atoms with Crippen molar-refractivity contribution in [2.75, 3.05) is 33.7 Å². The molecule has 0 unspecified atom stereocenters. The fourth-order valence-electron chi connectivity index (χ4n) is 6.98. The molecule has 0 bridgehead atoms. The number of aliphatic hydroxyl groups is 1. The molecule has 4 rings (SSSR count). The fraction of sp³-hybridized carbons (Fsp3) is 0.606. The van der Waals surface area contributed by atoms with E-state index in [2.05, 4.69) is 5.32 Å². The van der Waals surface area contributed by atoms with Gasteiger partial charge in [-0.05, 0) is 115 Å². The number of likely N-dealkylation sites (tertiary alicyclic amines) is 1. The Morgan fingerprint density at radius 1 is 1.19 bits per heavy atom. The number of benzene rings is 2. The minimum absolute atomic E-state index is 0.000435. The summed E-state index contributed by atoms with van der Waals surface area (Å²) in [6.45, 7) is 6.40. The molecule has 2 heterocycles. The van der Waals surface area contributed by atoms with Crippen LogP contribution in [-0.2, 0) is 6.42 Å². The number of amides is 1. The number of aryl methyl sites for hydroxylation is 1. The monoisotopic (exact) mass is 607 g/mol. The second kappa shape index (κ2) is 13.1. The van der Waals surface area contributed by atoms with Crippen LogP contribution < -0.4 is 5.32 Å². The van der Waals surface area contributed by atoms with Crippen LogP contribution in [0.2, 0.25) is 0 Å². The lowest BCUT2D eigenvalue weighted by Gasteiger charge is -2.35. The summed E-state index contributed by atoms with van der Waals surface area (Å²) >= 11 is 0. The van der Waals surface area contributed by atoms with Crippen molar-refractivity contribution in [3.8, 4) is 16.9 Å². The number of likely N-dealkylation sites (N-methyl/N-ethyl adjacent to an activating group) is 1. The van der Waals surface area contributed by atoms with Crippen LogP contribution in [0.15, 0.2) is 24.3 Å². The standard InChI is InChI=1S/C33H45F4N3O3/c1-20-23(12-7-13-25(20)34)29-28(31(42)40-17-9-15-27(40)33(35,36)37)21(10-6-14-26(39(4)5)32(2,3)43)18-24(30(29)41)22-11-8-16-38-19-22/h7,12-13,18,22,26-27,38,41,43H,6,8-11,14-17,19H2,1-5H3/t22-,26+,27-/m0/s1. The highest BCUT2D eigenvalue weighted by molar-refractivity contribution is 6.05. The van der Waals surface area contributed by atoms with Gasteiger partial charge in [0.15, 0.2) is 0 Å². The number of carbonyl (C=O) groups is 1. The normalized spacial score (nSPS) is 20.6. The van der Waals surface area contributed by atoms with E-state index in [0.29, 0.717) is 36.9 Å². The number of phenolic OH excluding ortho intramolecular Hbond substituents is 1. The molecule has 2 aliphatic heterocycles. The van der Waals surface area contributed by atoms with Gasteiger partial charge in [0.2, 0.25) is 0 Å². The van der Waals surface area contributed by atoms with Crippen LogP contribution in [0.3, 0.4) is 0 Å². The number of alkyl halides is 3. The Morgan fingerprint density at radius 3 is 2.51 bits per heavy atom. The van der Waals surface area contributed by atoms with Crippen LogP contribution in [0.25, 0.3) is 11.1 Å². The molecule has 2 saturated heterocycles.